The molecule has 0 aromatic carbocycles. The summed E-state index contributed by atoms with van der Waals surface area (Å²) in [5.41, 5.74) is -1.43. The Labute approximate surface area is 191 Å². The molecule has 3 saturated carbocycles. The second-order valence-electron chi connectivity index (χ2n) is 10.4. The highest BCUT2D eigenvalue weighted by molar-refractivity contribution is 7.84. The number of carbonyl (C=O) groups is 2. The van der Waals surface area contributed by atoms with Crippen molar-refractivity contribution < 1.29 is 37.5 Å². The summed E-state index contributed by atoms with van der Waals surface area (Å²) in [4.78, 5) is 25.2. The van der Waals surface area contributed by atoms with Crippen LogP contribution in [-0.2, 0) is 24.4 Å². The number of hydrogen-bond donors (Lipinski definition) is 2. The van der Waals surface area contributed by atoms with Gasteiger partial charge in [0.05, 0.1) is 16.2 Å². The van der Waals surface area contributed by atoms with Gasteiger partial charge >= 0.3 is 5.97 Å². The van der Waals surface area contributed by atoms with Crippen molar-refractivity contribution in [1.82, 2.24) is 0 Å². The molecule has 32 heavy (non-hydrogen) atoms. The average molecular weight is 474 g/mol. The lowest BCUT2D eigenvalue weighted by Gasteiger charge is -2.61. The summed E-state index contributed by atoms with van der Waals surface area (Å²) in [5.74, 6) is -0.520. The number of hydrogen-bond acceptors (Lipinski definition) is 8. The van der Waals surface area contributed by atoms with Gasteiger partial charge < -0.3 is 19.5 Å². The topological polar surface area (TPSA) is 141 Å². The number of aliphatic hydroxyl groups excluding tert-OH is 2. The van der Waals surface area contributed by atoms with Gasteiger partial charge in [0.2, 0.25) is 0 Å². The number of aliphatic hydroxyl groups is 2. The molecule has 3 aliphatic rings. The molecule has 184 valence electrons. The number of rotatable bonds is 3. The van der Waals surface area contributed by atoms with E-state index in [0.29, 0.717) is 19.1 Å². The van der Waals surface area contributed by atoms with Gasteiger partial charge in [-0.05, 0) is 42.9 Å². The van der Waals surface area contributed by atoms with Crippen LogP contribution < -0.4 is 0 Å². The third-order valence-corrected chi connectivity index (χ3v) is 8.70. The third-order valence-electron chi connectivity index (χ3n) is 8.70. The van der Waals surface area contributed by atoms with Gasteiger partial charge in [-0.1, -0.05) is 33.8 Å². The lowest BCUT2D eigenvalue weighted by Crippen LogP contribution is -2.63. The normalized spacial score (nSPS) is 43.8. The SMILES string of the molecule is C=C[C@]1(C)C[C@@H](OC(=O)CO)[C@]2(C)[C@H](C)CC[C@]3(CCC(=O)[C@@H]32)[C@@H](C)[C@@H]1O.CS(=O)(=O)[O-]. The van der Waals surface area contributed by atoms with Crippen LogP contribution in [0.15, 0.2) is 12.7 Å². The first-order chi connectivity index (χ1) is 14.6. The first-order valence-electron chi connectivity index (χ1n) is 11.1. The standard InChI is InChI=1S/C22H34O5.CH4O3S/c1-6-20(4)11-16(27-17(25)12-23)21(5)13(2)7-9-22(14(3)19(20)26)10-8-15(24)18(21)22;1-5(2,3)4/h6,13-14,16,18-19,23,26H,1,7-12H2,2-5H3;1H3,(H,2,3,4)/p-1/t13-,14+,16-,18-,19+,20-,21+,22+;/m1./s1. The van der Waals surface area contributed by atoms with E-state index in [9.17, 15) is 19.8 Å². The van der Waals surface area contributed by atoms with Crippen LogP contribution in [0, 0.1) is 34.0 Å². The molecule has 8 nitrogen and oxygen atoms in total. The van der Waals surface area contributed by atoms with Gasteiger partial charge in [-0.3, -0.25) is 4.79 Å². The first kappa shape index (κ1) is 27.0. The lowest BCUT2D eigenvalue weighted by molar-refractivity contribution is -0.207. The molecule has 3 aliphatic carbocycles. The molecule has 2 bridgehead atoms. The Balaban J connectivity index is 0.000000654. The van der Waals surface area contributed by atoms with Crippen molar-refractivity contribution in [3.63, 3.8) is 0 Å². The number of carbonyl (C=O) groups excluding carboxylic acids is 2. The van der Waals surface area contributed by atoms with Crippen molar-refractivity contribution >= 4 is 21.9 Å². The molecule has 0 unspecified atom stereocenters. The van der Waals surface area contributed by atoms with E-state index in [1.54, 1.807) is 6.08 Å². The molecule has 0 aromatic heterocycles. The fourth-order valence-electron chi connectivity index (χ4n) is 6.70. The Hall–Kier alpha value is -1.29. The highest BCUT2D eigenvalue weighted by atomic mass is 32.2. The molecule has 0 spiro atoms. The summed E-state index contributed by atoms with van der Waals surface area (Å²) < 4.78 is 33.0. The van der Waals surface area contributed by atoms with Crippen molar-refractivity contribution in [2.75, 3.05) is 12.9 Å². The van der Waals surface area contributed by atoms with Crippen molar-refractivity contribution in [3.05, 3.63) is 12.7 Å². The summed E-state index contributed by atoms with van der Waals surface area (Å²) in [6.07, 6.45) is 4.70. The largest absolute Gasteiger partial charge is 0.748 e. The fraction of sp³-hybridized carbons (Fsp3) is 0.826. The predicted molar refractivity (Wildman–Crippen MR) is 117 cm³/mol. The number of esters is 1. The molecule has 0 aliphatic heterocycles. The van der Waals surface area contributed by atoms with E-state index >= 15 is 0 Å². The smallest absolute Gasteiger partial charge is 0.332 e. The predicted octanol–water partition coefficient (Wildman–Crippen LogP) is 2.05. The number of ether oxygens (including phenoxy) is 1. The zero-order valence-electron chi connectivity index (χ0n) is 19.7. The Kier molecular flexibility index (Phi) is 7.72. The second kappa shape index (κ2) is 9.16. The Morgan fingerprint density at radius 3 is 2.38 bits per heavy atom. The summed E-state index contributed by atoms with van der Waals surface area (Å²) in [6, 6.07) is 0. The summed E-state index contributed by atoms with van der Waals surface area (Å²) in [6.45, 7) is 11.5. The van der Waals surface area contributed by atoms with Gasteiger partial charge in [0.15, 0.2) is 0 Å². The molecule has 0 heterocycles. The highest BCUT2D eigenvalue weighted by Crippen LogP contribution is 2.67. The minimum absolute atomic E-state index is 0.0433. The van der Waals surface area contributed by atoms with Crippen LogP contribution in [0.4, 0.5) is 0 Å². The molecular weight excluding hydrogens is 436 g/mol. The van der Waals surface area contributed by atoms with E-state index in [1.807, 2.05) is 6.92 Å². The van der Waals surface area contributed by atoms with E-state index in [2.05, 4.69) is 27.4 Å². The number of ketones is 1. The Morgan fingerprint density at radius 2 is 1.88 bits per heavy atom. The maximum absolute atomic E-state index is 13.1. The molecule has 0 aromatic rings. The van der Waals surface area contributed by atoms with Gasteiger partial charge in [0.25, 0.3) is 0 Å². The third kappa shape index (κ3) is 4.67. The van der Waals surface area contributed by atoms with Gasteiger partial charge in [-0.15, -0.1) is 6.58 Å². The van der Waals surface area contributed by atoms with Crippen LogP contribution in [0.25, 0.3) is 0 Å². The maximum Gasteiger partial charge on any atom is 0.332 e. The zero-order chi connectivity index (χ0) is 24.7. The monoisotopic (exact) mass is 473 g/mol. The molecule has 3 fully saturated rings. The molecule has 8 atom stereocenters. The summed E-state index contributed by atoms with van der Waals surface area (Å²) in [5, 5.41) is 20.6. The molecule has 0 amide bonds. The van der Waals surface area contributed by atoms with E-state index < -0.39 is 45.7 Å². The van der Waals surface area contributed by atoms with Crippen molar-refractivity contribution in [2.24, 2.45) is 34.0 Å². The average Bonchev–Trinajstić information content (AvgIpc) is 3.05. The van der Waals surface area contributed by atoms with Crippen LogP contribution in [0.3, 0.4) is 0 Å². The van der Waals surface area contributed by atoms with Crippen LogP contribution in [-0.4, -0.2) is 60.0 Å². The minimum Gasteiger partial charge on any atom is -0.748 e. The Bertz CT molecular complexity index is 846. The fourth-order valence-corrected chi connectivity index (χ4v) is 6.70. The van der Waals surface area contributed by atoms with E-state index in [1.165, 1.54) is 0 Å². The van der Waals surface area contributed by atoms with Gasteiger partial charge in [0, 0.05) is 29.4 Å². The summed E-state index contributed by atoms with van der Waals surface area (Å²) in [7, 11) is -3.92. The maximum atomic E-state index is 13.1. The number of Topliss-reactive ketones (excluding diaryl/α,β-unsaturated/α-hetero) is 1. The summed E-state index contributed by atoms with van der Waals surface area (Å²) >= 11 is 0. The molecule has 3 rings (SSSR count). The van der Waals surface area contributed by atoms with Gasteiger partial charge in [-0.25, -0.2) is 13.2 Å². The van der Waals surface area contributed by atoms with Crippen molar-refractivity contribution in [1.29, 1.82) is 0 Å². The minimum atomic E-state index is -3.92. The van der Waals surface area contributed by atoms with E-state index in [0.717, 1.165) is 19.3 Å². The van der Waals surface area contributed by atoms with E-state index in [-0.39, 0.29) is 29.0 Å². The van der Waals surface area contributed by atoms with Crippen molar-refractivity contribution in [2.45, 2.75) is 72.0 Å². The van der Waals surface area contributed by atoms with Crippen molar-refractivity contribution in [3.8, 4) is 0 Å². The molecule has 0 saturated heterocycles. The van der Waals surface area contributed by atoms with Gasteiger partial charge in [0.1, 0.15) is 18.5 Å². The second-order valence-corrected chi connectivity index (χ2v) is 11.8. The van der Waals surface area contributed by atoms with Crippen LogP contribution >= 0.6 is 0 Å². The van der Waals surface area contributed by atoms with Crippen LogP contribution in [0.1, 0.15) is 59.8 Å². The molecule has 0 radical (unpaired) electrons. The highest BCUT2D eigenvalue weighted by Gasteiger charge is 2.68. The molecule has 9 heteroatoms. The van der Waals surface area contributed by atoms with Gasteiger partial charge in [-0.2, -0.15) is 0 Å². The first-order valence-corrected chi connectivity index (χ1v) is 12.9. The quantitative estimate of drug-likeness (QED) is 0.360. The van der Waals surface area contributed by atoms with Crippen LogP contribution in [0.5, 0.6) is 0 Å². The van der Waals surface area contributed by atoms with E-state index in [4.69, 9.17) is 17.7 Å². The lowest BCUT2D eigenvalue weighted by atomic mass is 9.44. The molecule has 2 N–H and O–H groups in total. The molecular formula is C23H37O8S-. The zero-order valence-corrected chi connectivity index (χ0v) is 20.5. The van der Waals surface area contributed by atoms with Crippen LogP contribution in [0.2, 0.25) is 0 Å². The Morgan fingerprint density at radius 1 is 1.31 bits per heavy atom.